The highest BCUT2D eigenvalue weighted by molar-refractivity contribution is 6.40. The first-order valence-corrected chi connectivity index (χ1v) is 5.05. The molecule has 4 unspecified atom stereocenters. The maximum absolute atomic E-state index is 2.54. The SMILES string of the molecule is CCC1C(C)[B]C(C)C1CC. The van der Waals surface area contributed by atoms with Gasteiger partial charge in [0.1, 0.15) is 7.28 Å². The maximum Gasteiger partial charge on any atom is 0.117 e. The van der Waals surface area contributed by atoms with Crippen molar-refractivity contribution < 1.29 is 0 Å². The molecule has 0 spiro atoms. The Morgan fingerprint density at radius 3 is 1.55 bits per heavy atom. The van der Waals surface area contributed by atoms with Gasteiger partial charge in [0.05, 0.1) is 0 Å². The molecule has 0 nitrogen and oxygen atoms in total. The van der Waals surface area contributed by atoms with Gasteiger partial charge < -0.3 is 0 Å². The molecular formula is C10H20B. The Hall–Kier alpha value is 0.0649. The molecule has 1 rings (SSSR count). The topological polar surface area (TPSA) is 0 Å². The van der Waals surface area contributed by atoms with Crippen LogP contribution in [0.3, 0.4) is 0 Å². The lowest BCUT2D eigenvalue weighted by Gasteiger charge is -2.22. The van der Waals surface area contributed by atoms with Crippen molar-refractivity contribution in [2.75, 3.05) is 0 Å². The molecule has 0 aromatic rings. The van der Waals surface area contributed by atoms with E-state index in [4.69, 9.17) is 0 Å². The van der Waals surface area contributed by atoms with E-state index in [0.717, 1.165) is 23.5 Å². The Kier molecular flexibility index (Phi) is 3.03. The van der Waals surface area contributed by atoms with E-state index < -0.39 is 0 Å². The lowest BCUT2D eigenvalue weighted by atomic mass is 9.60. The molecule has 1 aliphatic heterocycles. The summed E-state index contributed by atoms with van der Waals surface area (Å²) in [7, 11) is 2.54. The lowest BCUT2D eigenvalue weighted by molar-refractivity contribution is 0.328. The maximum atomic E-state index is 2.54. The van der Waals surface area contributed by atoms with E-state index in [9.17, 15) is 0 Å². The monoisotopic (exact) mass is 151 g/mol. The van der Waals surface area contributed by atoms with Crippen LogP contribution in [0.25, 0.3) is 0 Å². The predicted octanol–water partition coefficient (Wildman–Crippen LogP) is 3.37. The Morgan fingerprint density at radius 2 is 1.27 bits per heavy atom. The third-order valence-corrected chi connectivity index (χ3v) is 3.45. The smallest absolute Gasteiger partial charge is 0.0694 e. The van der Waals surface area contributed by atoms with E-state index in [0.29, 0.717) is 0 Å². The lowest BCUT2D eigenvalue weighted by Crippen LogP contribution is -2.09. The second-order valence-electron chi connectivity index (χ2n) is 4.05. The highest BCUT2D eigenvalue weighted by atomic mass is 14.3. The van der Waals surface area contributed by atoms with Crippen molar-refractivity contribution in [2.24, 2.45) is 11.8 Å². The van der Waals surface area contributed by atoms with Gasteiger partial charge in [-0.15, -0.1) is 0 Å². The van der Waals surface area contributed by atoms with Gasteiger partial charge in [0.15, 0.2) is 0 Å². The molecule has 0 aromatic heterocycles. The summed E-state index contributed by atoms with van der Waals surface area (Å²) in [6.07, 6.45) is 2.72. The Balaban J connectivity index is 2.59. The van der Waals surface area contributed by atoms with Gasteiger partial charge in [-0.25, -0.2) is 0 Å². The quantitative estimate of drug-likeness (QED) is 0.530. The fourth-order valence-electron chi connectivity index (χ4n) is 2.89. The zero-order chi connectivity index (χ0) is 8.43. The molecule has 0 aromatic carbocycles. The summed E-state index contributed by atoms with van der Waals surface area (Å²) in [6.45, 7) is 9.41. The summed E-state index contributed by atoms with van der Waals surface area (Å²) >= 11 is 0. The van der Waals surface area contributed by atoms with Crippen LogP contribution in [0.15, 0.2) is 0 Å². The van der Waals surface area contributed by atoms with Gasteiger partial charge in [0.2, 0.25) is 0 Å². The summed E-state index contributed by atoms with van der Waals surface area (Å²) < 4.78 is 0. The van der Waals surface area contributed by atoms with Crippen molar-refractivity contribution in [3.05, 3.63) is 0 Å². The molecule has 0 saturated carbocycles. The van der Waals surface area contributed by atoms with E-state index in [1.165, 1.54) is 12.8 Å². The molecule has 0 aliphatic carbocycles. The van der Waals surface area contributed by atoms with Crippen molar-refractivity contribution in [1.29, 1.82) is 0 Å². The summed E-state index contributed by atoms with van der Waals surface area (Å²) in [4.78, 5) is 0. The standard InChI is InChI=1S/C10H20B/c1-5-9-7(3)11-8(4)10(9)6-2/h7-10H,5-6H2,1-4H3. The second kappa shape index (κ2) is 3.64. The number of hydrogen-bond acceptors (Lipinski definition) is 0. The van der Waals surface area contributed by atoms with Crippen LogP contribution >= 0.6 is 0 Å². The molecular weight excluding hydrogens is 131 g/mol. The second-order valence-corrected chi connectivity index (χ2v) is 4.05. The number of rotatable bonds is 2. The first kappa shape index (κ1) is 9.16. The van der Waals surface area contributed by atoms with Gasteiger partial charge in [-0.3, -0.25) is 0 Å². The van der Waals surface area contributed by atoms with Crippen LogP contribution in [0.5, 0.6) is 0 Å². The first-order chi connectivity index (χ1) is 5.20. The van der Waals surface area contributed by atoms with Crippen LogP contribution in [-0.4, -0.2) is 7.28 Å². The molecule has 1 fully saturated rings. The van der Waals surface area contributed by atoms with Gasteiger partial charge in [0.25, 0.3) is 0 Å². The van der Waals surface area contributed by atoms with Crippen LogP contribution in [0.1, 0.15) is 40.5 Å². The average Bonchev–Trinajstić information content (AvgIpc) is 2.24. The van der Waals surface area contributed by atoms with Crippen LogP contribution in [0.4, 0.5) is 0 Å². The molecule has 0 bridgehead atoms. The summed E-state index contributed by atoms with van der Waals surface area (Å²) in [5.41, 5.74) is 0. The fourth-order valence-corrected chi connectivity index (χ4v) is 2.89. The molecule has 1 saturated heterocycles. The summed E-state index contributed by atoms with van der Waals surface area (Å²) in [5, 5.41) is 0. The van der Waals surface area contributed by atoms with Crippen LogP contribution in [0, 0.1) is 11.8 Å². The minimum Gasteiger partial charge on any atom is -0.0694 e. The van der Waals surface area contributed by atoms with Crippen molar-refractivity contribution in [3.63, 3.8) is 0 Å². The van der Waals surface area contributed by atoms with E-state index in [1.807, 2.05) is 0 Å². The summed E-state index contributed by atoms with van der Waals surface area (Å²) in [6, 6.07) is 0. The van der Waals surface area contributed by atoms with E-state index >= 15 is 0 Å². The molecule has 11 heavy (non-hydrogen) atoms. The molecule has 1 aliphatic rings. The normalized spacial score (nSPS) is 44.0. The van der Waals surface area contributed by atoms with Gasteiger partial charge in [-0.1, -0.05) is 52.2 Å². The third kappa shape index (κ3) is 1.63. The molecule has 4 atom stereocenters. The molecule has 1 heteroatoms. The zero-order valence-electron chi connectivity index (χ0n) is 8.30. The Morgan fingerprint density at radius 1 is 0.909 bits per heavy atom. The minimum absolute atomic E-state index is 0.861. The number of hydrogen-bond donors (Lipinski definition) is 0. The highest BCUT2D eigenvalue weighted by Crippen LogP contribution is 2.45. The fraction of sp³-hybridized carbons (Fsp3) is 1.00. The minimum atomic E-state index is 0.861. The third-order valence-electron chi connectivity index (χ3n) is 3.45. The van der Waals surface area contributed by atoms with Crippen molar-refractivity contribution in [3.8, 4) is 0 Å². The largest absolute Gasteiger partial charge is 0.117 e. The molecule has 1 heterocycles. The van der Waals surface area contributed by atoms with Crippen molar-refractivity contribution in [1.82, 2.24) is 0 Å². The predicted molar refractivity (Wildman–Crippen MR) is 52.2 cm³/mol. The van der Waals surface area contributed by atoms with Gasteiger partial charge in [-0.05, 0) is 11.8 Å². The molecule has 0 N–H and O–H groups in total. The van der Waals surface area contributed by atoms with E-state index in [-0.39, 0.29) is 0 Å². The summed E-state index contributed by atoms with van der Waals surface area (Å²) in [5.74, 6) is 3.66. The van der Waals surface area contributed by atoms with Gasteiger partial charge in [0, 0.05) is 0 Å². The zero-order valence-corrected chi connectivity index (χ0v) is 8.30. The Bertz CT molecular complexity index is 108. The van der Waals surface area contributed by atoms with Crippen molar-refractivity contribution in [2.45, 2.75) is 52.2 Å². The highest BCUT2D eigenvalue weighted by Gasteiger charge is 2.36. The molecule has 0 amide bonds. The van der Waals surface area contributed by atoms with Crippen LogP contribution in [0.2, 0.25) is 11.6 Å². The van der Waals surface area contributed by atoms with Crippen LogP contribution < -0.4 is 0 Å². The van der Waals surface area contributed by atoms with Crippen LogP contribution in [-0.2, 0) is 0 Å². The van der Waals surface area contributed by atoms with Gasteiger partial charge >= 0.3 is 0 Å². The van der Waals surface area contributed by atoms with Crippen molar-refractivity contribution >= 4 is 7.28 Å². The molecule has 1 radical (unpaired) electrons. The van der Waals surface area contributed by atoms with E-state index in [2.05, 4.69) is 35.0 Å². The Labute approximate surface area is 72.0 Å². The first-order valence-electron chi connectivity index (χ1n) is 5.05. The van der Waals surface area contributed by atoms with Gasteiger partial charge in [-0.2, -0.15) is 0 Å². The van der Waals surface area contributed by atoms with E-state index in [1.54, 1.807) is 0 Å². The average molecular weight is 151 g/mol. The molecule has 63 valence electrons.